The van der Waals surface area contributed by atoms with E-state index in [9.17, 15) is 13.2 Å². The number of hydrogen-bond donors (Lipinski definition) is 1. The van der Waals surface area contributed by atoms with Gasteiger partial charge in [0, 0.05) is 16.7 Å². The molecule has 2 heterocycles. The van der Waals surface area contributed by atoms with Crippen LogP contribution in [0, 0.1) is 11.3 Å². The van der Waals surface area contributed by atoms with Crippen LogP contribution in [-0.2, 0) is 22.9 Å². The van der Waals surface area contributed by atoms with Gasteiger partial charge >= 0.3 is 6.18 Å². The number of rotatable bonds is 3. The molecule has 2 aromatic rings. The maximum Gasteiger partial charge on any atom is 0.417 e. The predicted molar refractivity (Wildman–Crippen MR) is 88.0 cm³/mol. The summed E-state index contributed by atoms with van der Waals surface area (Å²) in [5.74, 6) is 1.66. The van der Waals surface area contributed by atoms with Gasteiger partial charge in [0.1, 0.15) is 5.60 Å². The highest BCUT2D eigenvalue weighted by Crippen LogP contribution is 2.41. The second-order valence-electron chi connectivity index (χ2n) is 6.00. The van der Waals surface area contributed by atoms with E-state index in [-0.39, 0.29) is 5.56 Å². The van der Waals surface area contributed by atoms with Gasteiger partial charge in [-0.05, 0) is 36.8 Å². The molecule has 1 aromatic carbocycles. The number of halogens is 3. The maximum absolute atomic E-state index is 13.2. The molecule has 0 spiro atoms. The average Bonchev–Trinajstić information content (AvgIpc) is 2.90. The van der Waals surface area contributed by atoms with Crippen LogP contribution in [0.25, 0.3) is 10.9 Å². The van der Waals surface area contributed by atoms with Crippen molar-refractivity contribution in [1.82, 2.24) is 4.98 Å². The van der Waals surface area contributed by atoms with Crippen molar-refractivity contribution in [2.45, 2.75) is 32.0 Å². The monoisotopic (exact) mass is 354 g/mol. The lowest BCUT2D eigenvalue weighted by atomic mass is 9.93. The third-order valence-corrected chi connectivity index (χ3v) is 5.52. The van der Waals surface area contributed by atoms with Gasteiger partial charge in [-0.1, -0.05) is 6.92 Å². The van der Waals surface area contributed by atoms with E-state index in [0.29, 0.717) is 23.9 Å². The molecule has 1 aliphatic heterocycles. The SMILES string of the molecule is CCSCC1(C)OCCc2c1[nH]c1cc(C(F)(F)F)c(C#N)cc21. The van der Waals surface area contributed by atoms with Crippen molar-refractivity contribution in [3.63, 3.8) is 0 Å². The summed E-state index contributed by atoms with van der Waals surface area (Å²) >= 11 is 1.72. The summed E-state index contributed by atoms with van der Waals surface area (Å²) in [6.45, 7) is 4.53. The molecular formula is C17H17F3N2OS. The molecule has 0 aliphatic carbocycles. The number of H-pyrrole nitrogens is 1. The summed E-state index contributed by atoms with van der Waals surface area (Å²) in [6.07, 6.45) is -3.93. The minimum atomic E-state index is -4.55. The van der Waals surface area contributed by atoms with Crippen LogP contribution in [0.2, 0.25) is 0 Å². The molecule has 0 saturated carbocycles. The smallest absolute Gasteiger partial charge is 0.368 e. The molecule has 1 aromatic heterocycles. The van der Waals surface area contributed by atoms with Crippen LogP contribution in [0.4, 0.5) is 13.2 Å². The van der Waals surface area contributed by atoms with Crippen LogP contribution in [-0.4, -0.2) is 23.1 Å². The zero-order chi connectivity index (χ0) is 17.5. The summed E-state index contributed by atoms with van der Waals surface area (Å²) in [5, 5.41) is 9.80. The van der Waals surface area contributed by atoms with Gasteiger partial charge in [-0.15, -0.1) is 0 Å². The van der Waals surface area contributed by atoms with Crippen LogP contribution in [0.15, 0.2) is 12.1 Å². The topological polar surface area (TPSA) is 48.8 Å². The number of alkyl halides is 3. The van der Waals surface area contributed by atoms with Crippen molar-refractivity contribution in [3.8, 4) is 6.07 Å². The summed E-state index contributed by atoms with van der Waals surface area (Å²) < 4.78 is 45.5. The first-order valence-electron chi connectivity index (χ1n) is 7.68. The zero-order valence-corrected chi connectivity index (χ0v) is 14.2. The molecule has 0 bridgehead atoms. The van der Waals surface area contributed by atoms with Gasteiger partial charge < -0.3 is 9.72 Å². The maximum atomic E-state index is 13.2. The van der Waals surface area contributed by atoms with Gasteiger partial charge in [-0.2, -0.15) is 30.2 Å². The van der Waals surface area contributed by atoms with Gasteiger partial charge in [-0.3, -0.25) is 0 Å². The first-order valence-corrected chi connectivity index (χ1v) is 8.83. The molecule has 24 heavy (non-hydrogen) atoms. The lowest BCUT2D eigenvalue weighted by molar-refractivity contribution is -0.137. The molecule has 1 atom stereocenters. The molecule has 0 amide bonds. The van der Waals surface area contributed by atoms with Crippen molar-refractivity contribution < 1.29 is 17.9 Å². The number of aromatic amines is 1. The van der Waals surface area contributed by atoms with Crippen LogP contribution >= 0.6 is 11.8 Å². The summed E-state index contributed by atoms with van der Waals surface area (Å²) in [7, 11) is 0. The zero-order valence-electron chi connectivity index (χ0n) is 13.4. The van der Waals surface area contributed by atoms with Gasteiger partial charge in [0.2, 0.25) is 0 Å². The Balaban J connectivity index is 2.20. The minimum Gasteiger partial charge on any atom is -0.368 e. The van der Waals surface area contributed by atoms with Gasteiger partial charge in [-0.25, -0.2) is 0 Å². The van der Waals surface area contributed by atoms with Crippen LogP contribution < -0.4 is 0 Å². The van der Waals surface area contributed by atoms with E-state index in [1.165, 1.54) is 6.07 Å². The fourth-order valence-corrected chi connectivity index (χ4v) is 4.02. The van der Waals surface area contributed by atoms with Gasteiger partial charge in [0.25, 0.3) is 0 Å². The molecule has 1 aliphatic rings. The van der Waals surface area contributed by atoms with E-state index in [0.717, 1.165) is 28.8 Å². The molecule has 128 valence electrons. The molecule has 3 nitrogen and oxygen atoms in total. The lowest BCUT2D eigenvalue weighted by Gasteiger charge is -2.33. The van der Waals surface area contributed by atoms with Gasteiger partial charge in [0.15, 0.2) is 0 Å². The van der Waals surface area contributed by atoms with E-state index in [1.807, 2.05) is 6.92 Å². The quantitative estimate of drug-likeness (QED) is 0.876. The molecule has 3 rings (SSSR count). The minimum absolute atomic E-state index is 0.340. The summed E-state index contributed by atoms with van der Waals surface area (Å²) in [5.41, 5.74) is 0.395. The Bertz CT molecular complexity index is 822. The van der Waals surface area contributed by atoms with Crippen molar-refractivity contribution >= 4 is 22.7 Å². The average molecular weight is 354 g/mol. The Morgan fingerprint density at radius 3 is 2.79 bits per heavy atom. The van der Waals surface area contributed by atoms with Crippen LogP contribution in [0.1, 0.15) is 36.2 Å². The first kappa shape index (κ1) is 17.2. The number of benzene rings is 1. The lowest BCUT2D eigenvalue weighted by Crippen LogP contribution is -2.35. The Morgan fingerprint density at radius 2 is 2.17 bits per heavy atom. The van der Waals surface area contributed by atoms with Crippen molar-refractivity contribution in [2.24, 2.45) is 0 Å². The molecule has 1 unspecified atom stereocenters. The highest BCUT2D eigenvalue weighted by molar-refractivity contribution is 7.99. The standard InChI is InChI=1S/C17H17F3N2OS/c1-3-24-9-16(2)15-11(4-5-23-16)12-6-10(8-21)13(17(18,19)20)7-14(12)22-15/h6-7,22H,3-5,9H2,1-2H3. The Morgan fingerprint density at radius 1 is 1.42 bits per heavy atom. The molecule has 7 heteroatoms. The number of fused-ring (bicyclic) bond motifs is 3. The van der Waals surface area contributed by atoms with Crippen LogP contribution in [0.3, 0.4) is 0 Å². The number of hydrogen-bond acceptors (Lipinski definition) is 3. The molecule has 0 saturated heterocycles. The number of nitrogens with zero attached hydrogens (tertiary/aromatic N) is 1. The van der Waals surface area contributed by atoms with Gasteiger partial charge in [0.05, 0.1) is 29.5 Å². The van der Waals surface area contributed by atoms with Crippen molar-refractivity contribution in [1.29, 1.82) is 5.26 Å². The van der Waals surface area contributed by atoms with E-state index in [2.05, 4.69) is 11.9 Å². The third kappa shape index (κ3) is 2.78. The molecular weight excluding hydrogens is 337 g/mol. The van der Waals surface area contributed by atoms with Crippen molar-refractivity contribution in [3.05, 3.63) is 34.5 Å². The Kier molecular flexibility index (Phi) is 4.30. The third-order valence-electron chi connectivity index (χ3n) is 4.35. The largest absolute Gasteiger partial charge is 0.417 e. The second kappa shape index (κ2) is 6.01. The predicted octanol–water partition coefficient (Wildman–Crippen LogP) is 4.60. The Labute approximate surface area is 142 Å². The van der Waals surface area contributed by atoms with Crippen LogP contribution in [0.5, 0.6) is 0 Å². The number of nitriles is 1. The normalized spacial score (nSPS) is 20.8. The number of ether oxygens (including phenoxy) is 1. The highest BCUT2D eigenvalue weighted by Gasteiger charge is 2.38. The van der Waals surface area contributed by atoms with E-state index < -0.39 is 17.3 Å². The fraction of sp³-hybridized carbons (Fsp3) is 0.471. The summed E-state index contributed by atoms with van der Waals surface area (Å²) in [4.78, 5) is 3.13. The highest BCUT2D eigenvalue weighted by atomic mass is 32.2. The number of aromatic nitrogens is 1. The molecule has 0 radical (unpaired) electrons. The number of thioether (sulfide) groups is 1. The first-order chi connectivity index (χ1) is 11.3. The molecule has 0 fully saturated rings. The number of nitrogens with one attached hydrogen (secondary N) is 1. The second-order valence-corrected chi connectivity index (χ2v) is 7.27. The summed E-state index contributed by atoms with van der Waals surface area (Å²) in [6, 6.07) is 4.07. The van der Waals surface area contributed by atoms with E-state index in [4.69, 9.17) is 10.00 Å². The van der Waals surface area contributed by atoms with E-state index in [1.54, 1.807) is 17.8 Å². The van der Waals surface area contributed by atoms with Crippen molar-refractivity contribution in [2.75, 3.05) is 18.1 Å². The fourth-order valence-electron chi connectivity index (χ4n) is 3.20. The molecule has 1 N–H and O–H groups in total. The Hall–Kier alpha value is -1.65. The van der Waals surface area contributed by atoms with E-state index >= 15 is 0 Å².